The highest BCUT2D eigenvalue weighted by molar-refractivity contribution is 5.85. The molecule has 7 heteroatoms. The highest BCUT2D eigenvalue weighted by Crippen LogP contribution is 2.32. The predicted molar refractivity (Wildman–Crippen MR) is 97.3 cm³/mol. The lowest BCUT2D eigenvalue weighted by molar-refractivity contribution is -0.132. The van der Waals surface area contributed by atoms with E-state index in [9.17, 15) is 4.79 Å². The van der Waals surface area contributed by atoms with E-state index >= 15 is 0 Å². The lowest BCUT2D eigenvalue weighted by atomic mass is 10.0. The maximum absolute atomic E-state index is 12.6. The summed E-state index contributed by atoms with van der Waals surface area (Å²) in [5, 5.41) is 3.35. The molecule has 1 unspecified atom stereocenters. The first-order chi connectivity index (χ1) is 11.8. The van der Waals surface area contributed by atoms with E-state index in [4.69, 9.17) is 14.2 Å². The van der Waals surface area contributed by atoms with Crippen LogP contribution in [0.15, 0.2) is 18.2 Å². The van der Waals surface area contributed by atoms with E-state index in [1.165, 1.54) is 6.42 Å². The van der Waals surface area contributed by atoms with E-state index in [1.54, 1.807) is 7.11 Å². The Morgan fingerprint density at radius 2 is 2.20 bits per heavy atom. The van der Waals surface area contributed by atoms with E-state index in [1.807, 2.05) is 23.1 Å². The maximum atomic E-state index is 12.6. The Kier molecular flexibility index (Phi) is 7.81. The van der Waals surface area contributed by atoms with Gasteiger partial charge in [-0.15, -0.1) is 12.4 Å². The van der Waals surface area contributed by atoms with Gasteiger partial charge in [0.05, 0.1) is 6.61 Å². The highest BCUT2D eigenvalue weighted by atomic mass is 35.5. The molecule has 1 saturated heterocycles. The van der Waals surface area contributed by atoms with Gasteiger partial charge in [0.25, 0.3) is 0 Å². The minimum absolute atomic E-state index is 0. The molecule has 1 atom stereocenters. The highest BCUT2D eigenvalue weighted by Gasteiger charge is 2.20. The van der Waals surface area contributed by atoms with Gasteiger partial charge < -0.3 is 24.4 Å². The average Bonchev–Trinajstić information content (AvgIpc) is 3.27. The molecule has 0 radical (unpaired) electrons. The predicted octanol–water partition coefficient (Wildman–Crippen LogP) is 2.20. The van der Waals surface area contributed by atoms with Gasteiger partial charge in [0, 0.05) is 26.6 Å². The summed E-state index contributed by atoms with van der Waals surface area (Å²) in [6.45, 7) is 4.09. The summed E-state index contributed by atoms with van der Waals surface area (Å²) < 4.78 is 15.9. The lowest BCUT2D eigenvalue weighted by Crippen LogP contribution is -2.33. The standard InChI is InChI=1S/C18H26N2O4.ClH/c1-22-9-8-20(18(21)5-3-14-6-7-19-11-14)12-15-2-4-16-17(10-15)24-13-23-16;/h2,4,10,14,19H,3,5-9,11-13H2,1H3;1H. The second kappa shape index (κ2) is 9.85. The molecule has 1 N–H and O–H groups in total. The normalized spacial score (nSPS) is 18.0. The van der Waals surface area contributed by atoms with Gasteiger partial charge in [-0.2, -0.15) is 0 Å². The summed E-state index contributed by atoms with van der Waals surface area (Å²) in [4.78, 5) is 14.5. The Balaban J connectivity index is 0.00000225. The number of rotatable bonds is 8. The van der Waals surface area contributed by atoms with Crippen LogP contribution in [0.4, 0.5) is 0 Å². The van der Waals surface area contributed by atoms with Gasteiger partial charge in [-0.25, -0.2) is 0 Å². The molecule has 0 aromatic heterocycles. The summed E-state index contributed by atoms with van der Waals surface area (Å²) >= 11 is 0. The van der Waals surface area contributed by atoms with E-state index in [-0.39, 0.29) is 25.1 Å². The molecular weight excluding hydrogens is 344 g/mol. The van der Waals surface area contributed by atoms with Crippen molar-refractivity contribution in [3.05, 3.63) is 23.8 Å². The Morgan fingerprint density at radius 3 is 2.96 bits per heavy atom. The fraction of sp³-hybridized carbons (Fsp3) is 0.611. The third-order valence-electron chi connectivity index (χ3n) is 4.66. The second-order valence-corrected chi connectivity index (χ2v) is 6.39. The summed E-state index contributed by atoms with van der Waals surface area (Å²) in [7, 11) is 1.66. The van der Waals surface area contributed by atoms with Gasteiger partial charge in [0.15, 0.2) is 11.5 Å². The van der Waals surface area contributed by atoms with Crippen molar-refractivity contribution in [3.8, 4) is 11.5 Å². The Bertz CT molecular complexity index is 564. The number of carbonyl (C=O) groups is 1. The maximum Gasteiger partial charge on any atom is 0.231 e. The molecule has 140 valence electrons. The lowest BCUT2D eigenvalue weighted by Gasteiger charge is -2.23. The first-order valence-corrected chi connectivity index (χ1v) is 8.62. The topological polar surface area (TPSA) is 60.0 Å². The van der Waals surface area contributed by atoms with Crippen LogP contribution in [0.3, 0.4) is 0 Å². The average molecular weight is 371 g/mol. The number of methoxy groups -OCH3 is 1. The second-order valence-electron chi connectivity index (χ2n) is 6.39. The number of benzene rings is 1. The van der Waals surface area contributed by atoms with Crippen LogP contribution >= 0.6 is 12.4 Å². The zero-order valence-electron chi connectivity index (χ0n) is 14.7. The molecule has 0 spiro atoms. The SMILES string of the molecule is COCCN(Cc1ccc2c(c1)OCO2)C(=O)CCC1CCNC1.Cl. The number of carbonyl (C=O) groups excluding carboxylic acids is 1. The third kappa shape index (κ3) is 5.49. The van der Waals surface area contributed by atoms with Crippen molar-refractivity contribution in [1.29, 1.82) is 0 Å². The summed E-state index contributed by atoms with van der Waals surface area (Å²) in [5.74, 6) is 2.34. The van der Waals surface area contributed by atoms with E-state index < -0.39 is 0 Å². The number of nitrogens with one attached hydrogen (secondary N) is 1. The van der Waals surface area contributed by atoms with Crippen molar-refractivity contribution in [2.75, 3.05) is 40.1 Å². The van der Waals surface area contributed by atoms with E-state index in [2.05, 4.69) is 5.32 Å². The molecule has 1 amide bonds. The van der Waals surface area contributed by atoms with Crippen LogP contribution in [0.2, 0.25) is 0 Å². The fourth-order valence-electron chi connectivity index (χ4n) is 3.20. The van der Waals surface area contributed by atoms with Gasteiger partial charge in [0.1, 0.15) is 0 Å². The van der Waals surface area contributed by atoms with Gasteiger partial charge in [0.2, 0.25) is 12.7 Å². The summed E-state index contributed by atoms with van der Waals surface area (Å²) in [5.41, 5.74) is 1.05. The van der Waals surface area contributed by atoms with Crippen molar-refractivity contribution in [3.63, 3.8) is 0 Å². The van der Waals surface area contributed by atoms with Crippen molar-refractivity contribution in [2.45, 2.75) is 25.8 Å². The molecule has 1 fully saturated rings. The molecule has 2 aliphatic heterocycles. The van der Waals surface area contributed by atoms with Gasteiger partial charge >= 0.3 is 0 Å². The van der Waals surface area contributed by atoms with Crippen LogP contribution in [-0.4, -0.2) is 51.0 Å². The molecule has 1 aromatic rings. The monoisotopic (exact) mass is 370 g/mol. The number of hydrogen-bond donors (Lipinski definition) is 1. The Morgan fingerprint density at radius 1 is 1.36 bits per heavy atom. The number of halogens is 1. The van der Waals surface area contributed by atoms with Crippen molar-refractivity contribution in [2.24, 2.45) is 5.92 Å². The van der Waals surface area contributed by atoms with Crippen molar-refractivity contribution in [1.82, 2.24) is 10.2 Å². The first kappa shape index (κ1) is 19.8. The molecule has 1 aromatic carbocycles. The van der Waals surface area contributed by atoms with Crippen LogP contribution in [0.1, 0.15) is 24.8 Å². The zero-order chi connectivity index (χ0) is 16.8. The largest absolute Gasteiger partial charge is 0.454 e. The zero-order valence-corrected chi connectivity index (χ0v) is 15.5. The van der Waals surface area contributed by atoms with Crippen LogP contribution in [0.25, 0.3) is 0 Å². The van der Waals surface area contributed by atoms with Gasteiger partial charge in [-0.3, -0.25) is 4.79 Å². The number of hydrogen-bond acceptors (Lipinski definition) is 5. The third-order valence-corrected chi connectivity index (χ3v) is 4.66. The van der Waals surface area contributed by atoms with Gasteiger partial charge in [-0.05, 0) is 49.5 Å². The van der Waals surface area contributed by atoms with Gasteiger partial charge in [-0.1, -0.05) is 6.07 Å². The molecule has 3 rings (SSSR count). The van der Waals surface area contributed by atoms with Crippen molar-refractivity contribution >= 4 is 18.3 Å². The molecule has 0 saturated carbocycles. The molecule has 0 aliphatic carbocycles. The Labute approximate surface area is 155 Å². The minimum Gasteiger partial charge on any atom is -0.454 e. The molecule has 0 bridgehead atoms. The molecule has 2 heterocycles. The molecular formula is C18H27ClN2O4. The van der Waals surface area contributed by atoms with Crippen LogP contribution < -0.4 is 14.8 Å². The summed E-state index contributed by atoms with van der Waals surface area (Å²) in [6.07, 6.45) is 2.73. The number of fused-ring (bicyclic) bond motifs is 1. The van der Waals surface area contributed by atoms with E-state index in [0.717, 1.165) is 36.6 Å². The molecule has 25 heavy (non-hydrogen) atoms. The Hall–Kier alpha value is -1.50. The number of ether oxygens (including phenoxy) is 3. The van der Waals surface area contributed by atoms with E-state index in [0.29, 0.717) is 32.0 Å². The molecule has 6 nitrogen and oxygen atoms in total. The minimum atomic E-state index is 0. The van der Waals surface area contributed by atoms with Crippen LogP contribution in [0.5, 0.6) is 11.5 Å². The van der Waals surface area contributed by atoms with Crippen LogP contribution in [-0.2, 0) is 16.1 Å². The number of amides is 1. The molecule has 2 aliphatic rings. The van der Waals surface area contributed by atoms with Crippen molar-refractivity contribution < 1.29 is 19.0 Å². The first-order valence-electron chi connectivity index (χ1n) is 8.62. The quantitative estimate of drug-likeness (QED) is 0.760. The smallest absolute Gasteiger partial charge is 0.231 e. The van der Waals surface area contributed by atoms with Crippen LogP contribution in [0, 0.1) is 5.92 Å². The summed E-state index contributed by atoms with van der Waals surface area (Å²) in [6, 6.07) is 5.85. The number of nitrogens with zero attached hydrogens (tertiary/aromatic N) is 1. The fourth-order valence-corrected chi connectivity index (χ4v) is 3.20.